The normalized spacial score (nSPS) is 17.8. The molecule has 0 saturated carbocycles. The molecule has 7 heteroatoms. The fourth-order valence-corrected chi connectivity index (χ4v) is 4.21. The van der Waals surface area contributed by atoms with Gasteiger partial charge in [0.2, 0.25) is 0 Å². The maximum Gasteiger partial charge on any atom is 0.291 e. The Morgan fingerprint density at radius 3 is 2.72 bits per heavy atom. The molecule has 2 aromatic rings. The van der Waals surface area contributed by atoms with Gasteiger partial charge in [-0.15, -0.1) is 0 Å². The number of anilines is 1. The summed E-state index contributed by atoms with van der Waals surface area (Å²) in [6.07, 6.45) is 7.74. The van der Waals surface area contributed by atoms with Crippen molar-refractivity contribution in [3.8, 4) is 5.75 Å². The van der Waals surface area contributed by atoms with E-state index in [1.54, 1.807) is 36.4 Å². The second-order valence-corrected chi connectivity index (χ2v) is 8.63. The Kier molecular flexibility index (Phi) is 7.45. The van der Waals surface area contributed by atoms with Crippen molar-refractivity contribution in [1.29, 1.82) is 0 Å². The van der Waals surface area contributed by atoms with Crippen LogP contribution in [0.15, 0.2) is 48.2 Å². The van der Waals surface area contributed by atoms with E-state index in [-0.39, 0.29) is 17.6 Å². The summed E-state index contributed by atoms with van der Waals surface area (Å²) in [5, 5.41) is 6.36. The van der Waals surface area contributed by atoms with Crippen molar-refractivity contribution in [3.05, 3.63) is 64.4 Å². The molecule has 32 heavy (non-hydrogen) atoms. The van der Waals surface area contributed by atoms with Gasteiger partial charge in [0.05, 0.1) is 5.69 Å². The topological polar surface area (TPSA) is 70.7 Å². The van der Waals surface area contributed by atoms with Crippen LogP contribution in [0.3, 0.4) is 0 Å². The van der Waals surface area contributed by atoms with E-state index in [9.17, 15) is 9.59 Å². The molecule has 0 aliphatic carbocycles. The predicted molar refractivity (Wildman–Crippen MR) is 127 cm³/mol. The molecule has 0 bridgehead atoms. The molecule has 2 aromatic carbocycles. The lowest BCUT2D eigenvalue weighted by Crippen LogP contribution is -2.30. The summed E-state index contributed by atoms with van der Waals surface area (Å²) in [6.45, 7) is 3.95. The maximum absolute atomic E-state index is 12.6. The van der Waals surface area contributed by atoms with Crippen LogP contribution in [0.2, 0.25) is 5.02 Å². The Hall–Kier alpha value is -2.83. The lowest BCUT2D eigenvalue weighted by Gasteiger charge is -2.21. The summed E-state index contributed by atoms with van der Waals surface area (Å²) in [7, 11) is 0. The Morgan fingerprint density at radius 2 is 1.94 bits per heavy atom. The molecule has 6 nitrogen and oxygen atoms in total. The third-order valence-electron chi connectivity index (χ3n) is 5.72. The molecule has 0 aromatic heterocycles. The Labute approximate surface area is 193 Å². The highest BCUT2D eigenvalue weighted by Gasteiger charge is 2.23. The number of nitrogens with zero attached hydrogens (tertiary/aromatic N) is 1. The fraction of sp³-hybridized carbons (Fsp3) is 0.360. The van der Waals surface area contributed by atoms with Gasteiger partial charge in [-0.2, -0.15) is 0 Å². The molecule has 2 aliphatic rings. The van der Waals surface area contributed by atoms with Gasteiger partial charge < -0.3 is 20.3 Å². The molecule has 2 amide bonds. The van der Waals surface area contributed by atoms with E-state index in [1.165, 1.54) is 25.7 Å². The summed E-state index contributed by atoms with van der Waals surface area (Å²) in [6, 6.07) is 12.2. The number of hydrogen-bond acceptors (Lipinski definition) is 4. The minimum Gasteiger partial charge on any atom is -0.449 e. The van der Waals surface area contributed by atoms with Crippen LogP contribution in [-0.2, 0) is 4.79 Å². The lowest BCUT2D eigenvalue weighted by molar-refractivity contribution is -0.115. The van der Waals surface area contributed by atoms with E-state index in [4.69, 9.17) is 16.3 Å². The quantitative estimate of drug-likeness (QED) is 0.491. The molecule has 168 valence electrons. The van der Waals surface area contributed by atoms with Crippen LogP contribution < -0.4 is 15.4 Å². The minimum absolute atomic E-state index is 0.154. The predicted octanol–water partition coefficient (Wildman–Crippen LogP) is 4.71. The number of carbonyl (C=O) groups is 2. The molecule has 1 saturated heterocycles. The molecule has 2 N–H and O–H groups in total. The van der Waals surface area contributed by atoms with Crippen LogP contribution in [0.5, 0.6) is 5.75 Å². The first kappa shape index (κ1) is 22.4. The minimum atomic E-state index is -0.368. The number of likely N-dealkylation sites (tertiary alicyclic amines) is 1. The number of halogens is 1. The first-order chi connectivity index (χ1) is 15.6. The first-order valence-corrected chi connectivity index (χ1v) is 11.6. The number of ether oxygens (including phenoxy) is 1. The van der Waals surface area contributed by atoms with E-state index in [0.29, 0.717) is 28.6 Å². The largest absolute Gasteiger partial charge is 0.449 e. The van der Waals surface area contributed by atoms with E-state index in [0.717, 1.165) is 31.6 Å². The van der Waals surface area contributed by atoms with Gasteiger partial charge in [0.25, 0.3) is 11.8 Å². The second kappa shape index (κ2) is 10.7. The van der Waals surface area contributed by atoms with Gasteiger partial charge in [-0.1, -0.05) is 36.6 Å². The Morgan fingerprint density at radius 1 is 1.12 bits per heavy atom. The molecular weight excluding hydrogens is 426 g/mol. The van der Waals surface area contributed by atoms with Crippen LogP contribution in [0.1, 0.15) is 48.0 Å². The molecule has 0 atom stereocenters. The SMILES string of the molecule is O=C1Nc2cc(C(=O)NCCCN3CCCCCC3)ccc2OC1=Cc1cccc(Cl)c1. The van der Waals surface area contributed by atoms with Gasteiger partial charge in [0.1, 0.15) is 0 Å². The van der Waals surface area contributed by atoms with Crippen LogP contribution in [0.25, 0.3) is 6.08 Å². The average molecular weight is 454 g/mol. The van der Waals surface area contributed by atoms with Crippen molar-refractivity contribution in [2.75, 3.05) is 31.5 Å². The highest BCUT2D eigenvalue weighted by atomic mass is 35.5. The van der Waals surface area contributed by atoms with Crippen molar-refractivity contribution < 1.29 is 14.3 Å². The molecule has 0 radical (unpaired) electrons. The highest BCUT2D eigenvalue weighted by Crippen LogP contribution is 2.32. The number of nitrogens with one attached hydrogen (secondary N) is 2. The Bertz CT molecular complexity index is 1010. The number of fused-ring (bicyclic) bond motifs is 1. The molecule has 0 spiro atoms. The highest BCUT2D eigenvalue weighted by molar-refractivity contribution is 6.30. The fourth-order valence-electron chi connectivity index (χ4n) is 4.02. The van der Waals surface area contributed by atoms with E-state index in [1.807, 2.05) is 12.1 Å². The smallest absolute Gasteiger partial charge is 0.291 e. The number of carbonyl (C=O) groups excluding carboxylic acids is 2. The third kappa shape index (κ3) is 5.90. The van der Waals surface area contributed by atoms with Crippen molar-refractivity contribution in [2.45, 2.75) is 32.1 Å². The zero-order valence-electron chi connectivity index (χ0n) is 18.0. The summed E-state index contributed by atoms with van der Waals surface area (Å²) in [5.41, 5.74) is 1.74. The van der Waals surface area contributed by atoms with Gasteiger partial charge in [0, 0.05) is 17.1 Å². The summed E-state index contributed by atoms with van der Waals surface area (Å²) in [4.78, 5) is 27.5. The van der Waals surface area contributed by atoms with Gasteiger partial charge in [-0.3, -0.25) is 9.59 Å². The molecule has 1 fully saturated rings. The standard InChI is InChI=1S/C25H28ClN3O3/c26-20-8-5-7-18(15-20)16-23-25(31)28-21-17-19(9-10-22(21)32-23)24(30)27-11-6-14-29-12-3-1-2-4-13-29/h5,7-10,15-17H,1-4,6,11-14H2,(H,27,30)(H,28,31). The Balaban J connectivity index is 1.33. The molecular formula is C25H28ClN3O3. The summed E-state index contributed by atoms with van der Waals surface area (Å²) < 4.78 is 5.77. The molecule has 0 unspecified atom stereocenters. The monoisotopic (exact) mass is 453 g/mol. The maximum atomic E-state index is 12.6. The van der Waals surface area contributed by atoms with E-state index < -0.39 is 0 Å². The summed E-state index contributed by atoms with van der Waals surface area (Å²) >= 11 is 6.01. The number of amides is 2. The van der Waals surface area contributed by atoms with Gasteiger partial charge in [0.15, 0.2) is 11.5 Å². The van der Waals surface area contributed by atoms with Gasteiger partial charge in [-0.05, 0) is 80.9 Å². The van der Waals surface area contributed by atoms with Crippen molar-refractivity contribution in [2.24, 2.45) is 0 Å². The number of rotatable bonds is 6. The molecule has 4 rings (SSSR count). The zero-order valence-corrected chi connectivity index (χ0v) is 18.8. The number of benzene rings is 2. The second-order valence-electron chi connectivity index (χ2n) is 8.20. The van der Waals surface area contributed by atoms with Crippen molar-refractivity contribution in [1.82, 2.24) is 10.2 Å². The van der Waals surface area contributed by atoms with Crippen molar-refractivity contribution >= 4 is 35.2 Å². The number of hydrogen-bond donors (Lipinski definition) is 2. The van der Waals surface area contributed by atoms with Crippen LogP contribution in [0, 0.1) is 0 Å². The van der Waals surface area contributed by atoms with E-state index >= 15 is 0 Å². The lowest BCUT2D eigenvalue weighted by atomic mass is 10.1. The van der Waals surface area contributed by atoms with Gasteiger partial charge in [-0.25, -0.2) is 0 Å². The first-order valence-electron chi connectivity index (χ1n) is 11.2. The molecule has 2 heterocycles. The third-order valence-corrected chi connectivity index (χ3v) is 5.95. The van der Waals surface area contributed by atoms with Gasteiger partial charge >= 0.3 is 0 Å². The van der Waals surface area contributed by atoms with E-state index in [2.05, 4.69) is 15.5 Å². The van der Waals surface area contributed by atoms with Crippen LogP contribution in [0.4, 0.5) is 5.69 Å². The average Bonchev–Trinajstić information content (AvgIpc) is 3.06. The van der Waals surface area contributed by atoms with Crippen LogP contribution >= 0.6 is 11.6 Å². The summed E-state index contributed by atoms with van der Waals surface area (Å²) in [5.74, 6) is 0.145. The van der Waals surface area contributed by atoms with Crippen LogP contribution in [-0.4, -0.2) is 42.9 Å². The molecule has 2 aliphatic heterocycles. The van der Waals surface area contributed by atoms with Crippen molar-refractivity contribution in [3.63, 3.8) is 0 Å². The zero-order chi connectivity index (χ0) is 22.3.